The maximum absolute atomic E-state index is 14.0. The minimum absolute atomic E-state index is 0.238. The van der Waals surface area contributed by atoms with E-state index in [2.05, 4.69) is 35.9 Å². The van der Waals surface area contributed by atoms with Gasteiger partial charge in [0.15, 0.2) is 4.73 Å². The van der Waals surface area contributed by atoms with Crippen LogP contribution >= 0.6 is 15.9 Å². The number of benzene rings is 2. The minimum atomic E-state index is -0.410. The van der Waals surface area contributed by atoms with Crippen LogP contribution < -0.4 is 0 Å². The molecule has 0 aliphatic heterocycles. The van der Waals surface area contributed by atoms with E-state index in [4.69, 9.17) is 0 Å². The maximum Gasteiger partial charge on any atom is 0.212 e. The molecule has 2 aromatic carbocycles. The van der Waals surface area contributed by atoms with Crippen LogP contribution in [0, 0.1) is 11.6 Å². The third kappa shape index (κ3) is 5.62. The summed E-state index contributed by atoms with van der Waals surface area (Å²) in [6.07, 6.45) is 9.15. The van der Waals surface area contributed by atoms with Gasteiger partial charge in [0.1, 0.15) is 23.7 Å². The summed E-state index contributed by atoms with van der Waals surface area (Å²) < 4.78 is 29.3. The molecule has 0 unspecified atom stereocenters. The van der Waals surface area contributed by atoms with Crippen molar-refractivity contribution in [2.24, 2.45) is 0 Å². The molecule has 0 N–H and O–H groups in total. The van der Waals surface area contributed by atoms with E-state index < -0.39 is 11.6 Å². The fourth-order valence-corrected chi connectivity index (χ4v) is 3.29. The number of aromatic nitrogens is 5. The second kappa shape index (κ2) is 10.7. The Morgan fingerprint density at radius 1 is 0.882 bits per heavy atom. The lowest BCUT2D eigenvalue weighted by Crippen LogP contribution is -2.01. The average Bonchev–Trinajstić information content (AvgIpc) is 3.36. The predicted octanol–water partition coefficient (Wildman–Crippen LogP) is 5.68. The summed E-state index contributed by atoms with van der Waals surface area (Å²) in [4.78, 5) is 28.0. The van der Waals surface area contributed by atoms with Crippen molar-refractivity contribution in [2.45, 2.75) is 0 Å². The number of ketones is 1. The molecule has 0 amide bonds. The Kier molecular flexibility index (Phi) is 7.24. The molecule has 0 atom stereocenters. The summed E-state index contributed by atoms with van der Waals surface area (Å²) in [6.45, 7) is 0. The molecule has 0 saturated heterocycles. The molecule has 3 aromatic heterocycles. The Labute approximate surface area is 202 Å². The van der Waals surface area contributed by atoms with Gasteiger partial charge in [-0.25, -0.2) is 23.7 Å². The van der Waals surface area contributed by atoms with E-state index >= 15 is 0 Å². The van der Waals surface area contributed by atoms with Crippen molar-refractivity contribution in [3.05, 3.63) is 126 Å². The number of carbonyl (C=O) groups is 1. The largest absolute Gasteiger partial charge is 0.306 e. The highest BCUT2D eigenvalue weighted by Gasteiger charge is 2.13. The van der Waals surface area contributed by atoms with Gasteiger partial charge in [-0.05, 0) is 70.0 Å². The molecule has 6 nitrogen and oxygen atoms in total. The summed E-state index contributed by atoms with van der Waals surface area (Å²) in [5.41, 5.74) is 2.45. The van der Waals surface area contributed by atoms with Gasteiger partial charge in [0.2, 0.25) is 5.78 Å². The molecular formula is C25H16BrF2N5O. The van der Waals surface area contributed by atoms with Gasteiger partial charge >= 0.3 is 0 Å². The second-order valence-electron chi connectivity index (χ2n) is 6.93. The summed E-state index contributed by atoms with van der Waals surface area (Å²) in [5, 5.41) is 0. The molecule has 0 spiro atoms. The average molecular weight is 520 g/mol. The summed E-state index contributed by atoms with van der Waals surface area (Å²) in [6, 6.07) is 15.9. The standard InChI is InChI=1S/C21H13F2N3O.C4H3BrN2/c22-16-6-4-14(5-7-16)21(27)20-12-26(13-25-20)17-3-1-2-15(10-17)18-8-9-24-11-19(18)23;5-4-6-2-1-3-7-4/h1-13H;1-3H. The molecule has 9 heteroatoms. The van der Waals surface area contributed by atoms with Crippen molar-refractivity contribution in [3.8, 4) is 16.8 Å². The van der Waals surface area contributed by atoms with E-state index in [1.807, 2.05) is 6.07 Å². The summed E-state index contributed by atoms with van der Waals surface area (Å²) in [5.74, 6) is -1.12. The van der Waals surface area contributed by atoms with Gasteiger partial charge in [-0.3, -0.25) is 9.78 Å². The van der Waals surface area contributed by atoms with Crippen LogP contribution in [0.4, 0.5) is 8.78 Å². The van der Waals surface area contributed by atoms with Gasteiger partial charge in [0.05, 0.1) is 6.20 Å². The van der Waals surface area contributed by atoms with E-state index in [1.165, 1.54) is 43.0 Å². The Balaban J connectivity index is 0.000000336. The topological polar surface area (TPSA) is 73.6 Å². The van der Waals surface area contributed by atoms with Crippen LogP contribution in [0.15, 0.2) is 103 Å². The van der Waals surface area contributed by atoms with Gasteiger partial charge in [-0.2, -0.15) is 0 Å². The Hall–Kier alpha value is -4.11. The Morgan fingerprint density at radius 2 is 1.65 bits per heavy atom. The number of nitrogens with zero attached hydrogens (tertiary/aromatic N) is 5. The Morgan fingerprint density at radius 3 is 2.32 bits per heavy atom. The van der Waals surface area contributed by atoms with Crippen molar-refractivity contribution in [1.82, 2.24) is 24.5 Å². The molecule has 5 rings (SSSR count). The first-order valence-electron chi connectivity index (χ1n) is 9.98. The molecule has 0 fully saturated rings. The number of imidazole rings is 1. The van der Waals surface area contributed by atoms with E-state index in [1.54, 1.807) is 53.5 Å². The number of hydrogen-bond acceptors (Lipinski definition) is 5. The van der Waals surface area contributed by atoms with Crippen molar-refractivity contribution >= 4 is 21.7 Å². The highest BCUT2D eigenvalue weighted by molar-refractivity contribution is 9.10. The van der Waals surface area contributed by atoms with Crippen LogP contribution in [0.3, 0.4) is 0 Å². The van der Waals surface area contributed by atoms with E-state index in [0.29, 0.717) is 21.4 Å². The highest BCUT2D eigenvalue weighted by atomic mass is 79.9. The zero-order valence-corrected chi connectivity index (χ0v) is 19.1. The number of hydrogen-bond donors (Lipinski definition) is 0. The summed E-state index contributed by atoms with van der Waals surface area (Å²) in [7, 11) is 0. The normalized spacial score (nSPS) is 10.3. The lowest BCUT2D eigenvalue weighted by molar-refractivity contribution is 0.103. The number of carbonyl (C=O) groups excluding carboxylic acids is 1. The molecular weight excluding hydrogens is 504 g/mol. The zero-order valence-electron chi connectivity index (χ0n) is 17.5. The molecule has 3 heterocycles. The van der Waals surface area contributed by atoms with Crippen molar-refractivity contribution in [2.75, 3.05) is 0 Å². The first kappa shape index (κ1) is 23.1. The maximum atomic E-state index is 14.0. The third-order valence-electron chi connectivity index (χ3n) is 4.68. The third-order valence-corrected chi connectivity index (χ3v) is 5.09. The molecule has 0 radical (unpaired) electrons. The van der Waals surface area contributed by atoms with E-state index in [9.17, 15) is 13.6 Å². The van der Waals surface area contributed by atoms with Gasteiger partial charge < -0.3 is 4.57 Å². The fraction of sp³-hybridized carbons (Fsp3) is 0. The first-order valence-corrected chi connectivity index (χ1v) is 10.8. The molecule has 0 saturated carbocycles. The zero-order chi connectivity index (χ0) is 23.9. The lowest BCUT2D eigenvalue weighted by atomic mass is 10.1. The van der Waals surface area contributed by atoms with E-state index in [-0.39, 0.29) is 11.5 Å². The molecule has 0 aliphatic rings. The fourth-order valence-electron chi connectivity index (χ4n) is 3.05. The van der Waals surface area contributed by atoms with Crippen LogP contribution in [-0.2, 0) is 0 Å². The van der Waals surface area contributed by atoms with Crippen LogP contribution in [0.2, 0.25) is 0 Å². The molecule has 0 bridgehead atoms. The SMILES string of the molecule is Brc1ncccn1.O=C(c1ccc(F)cc1)c1cn(-c2cccc(-c3ccncc3F)c2)cn1. The minimum Gasteiger partial charge on any atom is -0.306 e. The molecule has 0 aliphatic carbocycles. The first-order chi connectivity index (χ1) is 16.5. The predicted molar refractivity (Wildman–Crippen MR) is 126 cm³/mol. The number of pyridine rings is 1. The summed E-state index contributed by atoms with van der Waals surface area (Å²) >= 11 is 3.09. The van der Waals surface area contributed by atoms with Crippen LogP contribution in [0.25, 0.3) is 16.8 Å². The quantitative estimate of drug-likeness (QED) is 0.225. The monoisotopic (exact) mass is 519 g/mol. The lowest BCUT2D eigenvalue weighted by Gasteiger charge is -2.07. The van der Waals surface area contributed by atoms with E-state index in [0.717, 1.165) is 5.69 Å². The molecule has 34 heavy (non-hydrogen) atoms. The van der Waals surface area contributed by atoms with Crippen LogP contribution in [0.1, 0.15) is 16.1 Å². The molecule has 168 valence electrons. The Bertz CT molecular complexity index is 1410. The van der Waals surface area contributed by atoms with Crippen molar-refractivity contribution in [3.63, 3.8) is 0 Å². The van der Waals surface area contributed by atoms with Crippen molar-refractivity contribution < 1.29 is 13.6 Å². The van der Waals surface area contributed by atoms with Gasteiger partial charge in [0.25, 0.3) is 0 Å². The highest BCUT2D eigenvalue weighted by Crippen LogP contribution is 2.24. The number of halogens is 3. The molecule has 5 aromatic rings. The number of rotatable bonds is 4. The van der Waals surface area contributed by atoms with Crippen LogP contribution in [0.5, 0.6) is 0 Å². The van der Waals surface area contributed by atoms with Gasteiger partial charge in [-0.1, -0.05) is 12.1 Å². The van der Waals surface area contributed by atoms with Gasteiger partial charge in [0, 0.05) is 41.6 Å². The van der Waals surface area contributed by atoms with Gasteiger partial charge in [-0.15, -0.1) is 0 Å². The van der Waals surface area contributed by atoms with Crippen molar-refractivity contribution in [1.29, 1.82) is 0 Å². The van der Waals surface area contributed by atoms with Crippen LogP contribution in [-0.4, -0.2) is 30.3 Å². The smallest absolute Gasteiger partial charge is 0.212 e. The second-order valence-corrected chi connectivity index (χ2v) is 7.64.